The highest BCUT2D eigenvalue weighted by atomic mass is 35.5. The molecule has 0 aliphatic heterocycles. The van der Waals surface area contributed by atoms with Crippen LogP contribution >= 0.6 is 11.6 Å². The van der Waals surface area contributed by atoms with Gasteiger partial charge in [0.05, 0.1) is 16.8 Å². The average Bonchev–Trinajstić information content (AvgIpc) is 2.98. The molecule has 2 aromatic rings. The number of halogens is 1. The van der Waals surface area contributed by atoms with Crippen molar-refractivity contribution in [3.05, 3.63) is 40.9 Å². The van der Waals surface area contributed by atoms with Crippen molar-refractivity contribution in [3.8, 4) is 11.8 Å². The molecule has 2 rings (SSSR count). The molecule has 7 heteroatoms. The minimum absolute atomic E-state index is 0.0226. The SMILES string of the molecule is CCCN(CC#N)C(=O)c1nc(CC)n(-c2ccccc2Cl)n1. The number of rotatable bonds is 6. The molecule has 0 saturated carbocycles. The molecule has 1 amide bonds. The number of aromatic nitrogens is 3. The normalized spacial score (nSPS) is 10.3. The number of benzene rings is 1. The van der Waals surface area contributed by atoms with Crippen LogP contribution in [0.5, 0.6) is 0 Å². The summed E-state index contributed by atoms with van der Waals surface area (Å²) in [5, 5.41) is 13.7. The van der Waals surface area contributed by atoms with E-state index in [1.165, 1.54) is 4.90 Å². The Morgan fingerprint density at radius 1 is 1.39 bits per heavy atom. The van der Waals surface area contributed by atoms with Crippen LogP contribution in [0.25, 0.3) is 5.69 Å². The first-order chi connectivity index (χ1) is 11.1. The second-order valence-corrected chi connectivity index (χ2v) is 5.36. The van der Waals surface area contributed by atoms with Crippen molar-refractivity contribution in [2.75, 3.05) is 13.1 Å². The van der Waals surface area contributed by atoms with Crippen LogP contribution in [-0.2, 0) is 6.42 Å². The zero-order valence-electron chi connectivity index (χ0n) is 13.2. The van der Waals surface area contributed by atoms with E-state index in [0.717, 1.165) is 6.42 Å². The molecule has 0 bridgehead atoms. The number of amides is 1. The van der Waals surface area contributed by atoms with E-state index in [1.807, 2.05) is 38.1 Å². The van der Waals surface area contributed by atoms with Gasteiger partial charge in [-0.2, -0.15) is 5.26 Å². The standard InChI is InChI=1S/C16H18ClN5O/c1-3-10-21(11-9-18)16(23)15-19-14(4-2)22(20-15)13-8-6-5-7-12(13)17/h5-8H,3-4,10-11H2,1-2H3. The Balaban J connectivity index is 2.41. The van der Waals surface area contributed by atoms with Crippen LogP contribution in [0.15, 0.2) is 24.3 Å². The zero-order valence-corrected chi connectivity index (χ0v) is 13.9. The second kappa shape index (κ2) is 7.75. The lowest BCUT2D eigenvalue weighted by molar-refractivity contribution is 0.0764. The number of hydrogen-bond acceptors (Lipinski definition) is 4. The van der Waals surface area contributed by atoms with Gasteiger partial charge in [-0.15, -0.1) is 5.10 Å². The van der Waals surface area contributed by atoms with E-state index >= 15 is 0 Å². The van der Waals surface area contributed by atoms with Crippen LogP contribution in [0.1, 0.15) is 36.7 Å². The average molecular weight is 332 g/mol. The van der Waals surface area contributed by atoms with Gasteiger partial charge in [0.1, 0.15) is 12.4 Å². The summed E-state index contributed by atoms with van der Waals surface area (Å²) in [6, 6.07) is 9.27. The maximum Gasteiger partial charge on any atom is 0.294 e. The lowest BCUT2D eigenvalue weighted by Gasteiger charge is -2.16. The Bertz CT molecular complexity index is 734. The van der Waals surface area contributed by atoms with E-state index in [2.05, 4.69) is 10.1 Å². The van der Waals surface area contributed by atoms with E-state index in [1.54, 1.807) is 10.7 Å². The molecule has 0 radical (unpaired) electrons. The largest absolute Gasteiger partial charge is 0.323 e. The highest BCUT2D eigenvalue weighted by Gasteiger charge is 2.22. The smallest absolute Gasteiger partial charge is 0.294 e. The lowest BCUT2D eigenvalue weighted by atomic mass is 10.3. The van der Waals surface area contributed by atoms with Crippen molar-refractivity contribution in [2.24, 2.45) is 0 Å². The molecule has 0 fully saturated rings. The van der Waals surface area contributed by atoms with Crippen molar-refractivity contribution in [2.45, 2.75) is 26.7 Å². The molecule has 120 valence electrons. The number of carbonyl (C=O) groups is 1. The minimum atomic E-state index is -0.339. The molecule has 0 aliphatic rings. The fraction of sp³-hybridized carbons (Fsp3) is 0.375. The molecular weight excluding hydrogens is 314 g/mol. The van der Waals surface area contributed by atoms with Gasteiger partial charge in [-0.1, -0.05) is 37.6 Å². The molecule has 1 aromatic carbocycles. The molecule has 6 nitrogen and oxygen atoms in total. The molecule has 23 heavy (non-hydrogen) atoms. The number of carbonyl (C=O) groups excluding carboxylic acids is 1. The van der Waals surface area contributed by atoms with Gasteiger partial charge < -0.3 is 4.90 Å². The van der Waals surface area contributed by atoms with Gasteiger partial charge in [-0.25, -0.2) is 9.67 Å². The van der Waals surface area contributed by atoms with E-state index < -0.39 is 0 Å². The Kier molecular flexibility index (Phi) is 5.72. The maximum absolute atomic E-state index is 12.5. The third-order valence-electron chi connectivity index (χ3n) is 3.30. The Hall–Kier alpha value is -2.39. The van der Waals surface area contributed by atoms with E-state index in [-0.39, 0.29) is 18.3 Å². The molecular formula is C16H18ClN5O. The number of hydrogen-bond donors (Lipinski definition) is 0. The summed E-state index contributed by atoms with van der Waals surface area (Å²) in [6.07, 6.45) is 1.37. The zero-order chi connectivity index (χ0) is 16.8. The quantitative estimate of drug-likeness (QED) is 0.763. The summed E-state index contributed by atoms with van der Waals surface area (Å²) < 4.78 is 1.59. The summed E-state index contributed by atoms with van der Waals surface area (Å²) in [4.78, 5) is 18.3. The van der Waals surface area contributed by atoms with Gasteiger partial charge in [0.15, 0.2) is 0 Å². The fourth-order valence-corrected chi connectivity index (χ4v) is 2.45. The van der Waals surface area contributed by atoms with Crippen molar-refractivity contribution in [1.82, 2.24) is 19.7 Å². The fourth-order valence-electron chi connectivity index (χ4n) is 2.23. The number of nitrogens with zero attached hydrogens (tertiary/aromatic N) is 5. The van der Waals surface area contributed by atoms with Gasteiger partial charge in [0.2, 0.25) is 5.82 Å². The molecule has 0 unspecified atom stereocenters. The van der Waals surface area contributed by atoms with Crippen LogP contribution < -0.4 is 0 Å². The van der Waals surface area contributed by atoms with Crippen LogP contribution in [0.2, 0.25) is 5.02 Å². The van der Waals surface area contributed by atoms with Crippen molar-refractivity contribution >= 4 is 17.5 Å². The van der Waals surface area contributed by atoms with Crippen molar-refractivity contribution in [1.29, 1.82) is 5.26 Å². The summed E-state index contributed by atoms with van der Waals surface area (Å²) in [6.45, 7) is 4.40. The first kappa shape index (κ1) is 17.0. The monoisotopic (exact) mass is 331 g/mol. The summed E-state index contributed by atoms with van der Waals surface area (Å²) in [7, 11) is 0. The van der Waals surface area contributed by atoms with E-state index in [4.69, 9.17) is 16.9 Å². The maximum atomic E-state index is 12.5. The summed E-state index contributed by atoms with van der Waals surface area (Å²) in [5.74, 6) is 0.397. The third-order valence-corrected chi connectivity index (χ3v) is 3.62. The Labute approximate surface area is 140 Å². The van der Waals surface area contributed by atoms with E-state index in [9.17, 15) is 4.79 Å². The number of aryl methyl sites for hydroxylation is 1. The van der Waals surface area contributed by atoms with Crippen LogP contribution in [0.3, 0.4) is 0 Å². The highest BCUT2D eigenvalue weighted by molar-refractivity contribution is 6.32. The predicted molar refractivity (Wildman–Crippen MR) is 87.6 cm³/mol. The second-order valence-electron chi connectivity index (χ2n) is 4.95. The first-order valence-electron chi connectivity index (χ1n) is 7.49. The first-order valence-corrected chi connectivity index (χ1v) is 7.87. The van der Waals surface area contributed by atoms with Crippen LogP contribution in [0.4, 0.5) is 0 Å². The summed E-state index contributed by atoms with van der Waals surface area (Å²) >= 11 is 6.21. The highest BCUT2D eigenvalue weighted by Crippen LogP contribution is 2.21. The van der Waals surface area contributed by atoms with E-state index in [0.29, 0.717) is 29.5 Å². The van der Waals surface area contributed by atoms with Gasteiger partial charge in [0, 0.05) is 13.0 Å². The topological polar surface area (TPSA) is 74.8 Å². The molecule has 0 saturated heterocycles. The number of para-hydroxylation sites is 1. The van der Waals surface area contributed by atoms with Crippen LogP contribution in [-0.4, -0.2) is 38.7 Å². The Morgan fingerprint density at radius 2 is 2.13 bits per heavy atom. The molecule has 1 aromatic heterocycles. The molecule has 0 spiro atoms. The molecule has 1 heterocycles. The molecule has 0 aliphatic carbocycles. The van der Waals surface area contributed by atoms with Crippen molar-refractivity contribution < 1.29 is 4.79 Å². The van der Waals surface area contributed by atoms with Crippen molar-refractivity contribution in [3.63, 3.8) is 0 Å². The summed E-state index contributed by atoms with van der Waals surface area (Å²) in [5.41, 5.74) is 0.680. The lowest BCUT2D eigenvalue weighted by Crippen LogP contribution is -2.33. The Morgan fingerprint density at radius 3 is 2.74 bits per heavy atom. The van der Waals surface area contributed by atoms with Gasteiger partial charge in [-0.3, -0.25) is 4.79 Å². The molecule has 0 atom stereocenters. The van der Waals surface area contributed by atoms with Gasteiger partial charge >= 0.3 is 0 Å². The molecule has 0 N–H and O–H groups in total. The van der Waals surface area contributed by atoms with Gasteiger partial charge in [0.25, 0.3) is 5.91 Å². The minimum Gasteiger partial charge on any atom is -0.323 e. The van der Waals surface area contributed by atoms with Gasteiger partial charge in [-0.05, 0) is 18.6 Å². The predicted octanol–water partition coefficient (Wildman–Crippen LogP) is 2.86. The number of nitriles is 1. The van der Waals surface area contributed by atoms with Crippen LogP contribution in [0, 0.1) is 11.3 Å². The third kappa shape index (κ3) is 3.69.